The molecular formula is C15H10ClNO2S. The van der Waals surface area contributed by atoms with Gasteiger partial charge in [0.2, 0.25) is 0 Å². The van der Waals surface area contributed by atoms with Crippen LogP contribution in [0.3, 0.4) is 0 Å². The van der Waals surface area contributed by atoms with Gasteiger partial charge < -0.3 is 4.74 Å². The molecule has 0 spiro atoms. The quantitative estimate of drug-likeness (QED) is 0.659. The number of aromatic nitrogens is 1. The average Bonchev–Trinajstić information content (AvgIpc) is 2.89. The van der Waals surface area contributed by atoms with Crippen LogP contribution < -0.4 is 0 Å². The fraction of sp³-hybridized carbons (Fsp3) is 0.0667. The highest BCUT2D eigenvalue weighted by atomic mass is 35.5. The predicted octanol–water partition coefficient (Wildman–Crippen LogP) is 4.40. The number of ether oxygens (including phenoxy) is 1. The van der Waals surface area contributed by atoms with Crippen molar-refractivity contribution in [1.82, 2.24) is 4.98 Å². The summed E-state index contributed by atoms with van der Waals surface area (Å²) in [5.74, 6) is -0.343. The van der Waals surface area contributed by atoms with E-state index in [-0.39, 0.29) is 5.97 Å². The van der Waals surface area contributed by atoms with E-state index in [0.29, 0.717) is 10.6 Å². The molecule has 1 heterocycles. The van der Waals surface area contributed by atoms with Crippen LogP contribution in [0.2, 0.25) is 5.02 Å². The number of methoxy groups -OCH3 is 1. The van der Waals surface area contributed by atoms with E-state index < -0.39 is 0 Å². The van der Waals surface area contributed by atoms with E-state index in [4.69, 9.17) is 16.3 Å². The Kier molecular flexibility index (Phi) is 3.42. The van der Waals surface area contributed by atoms with Gasteiger partial charge in [-0.1, -0.05) is 23.7 Å². The summed E-state index contributed by atoms with van der Waals surface area (Å²) in [5, 5.41) is 1.56. The van der Waals surface area contributed by atoms with Crippen molar-refractivity contribution in [2.45, 2.75) is 0 Å². The van der Waals surface area contributed by atoms with Crippen LogP contribution in [0.15, 0.2) is 42.5 Å². The van der Waals surface area contributed by atoms with Crippen LogP contribution in [0, 0.1) is 0 Å². The molecule has 0 aliphatic heterocycles. The smallest absolute Gasteiger partial charge is 0.337 e. The molecule has 2 aromatic carbocycles. The zero-order valence-electron chi connectivity index (χ0n) is 10.6. The molecule has 0 bridgehead atoms. The lowest BCUT2D eigenvalue weighted by atomic mass is 10.2. The lowest BCUT2D eigenvalue weighted by molar-refractivity contribution is 0.0601. The molecule has 0 unspecified atom stereocenters. The van der Waals surface area contributed by atoms with Crippen molar-refractivity contribution in [3.8, 4) is 10.6 Å². The monoisotopic (exact) mass is 303 g/mol. The Labute approximate surface area is 124 Å². The lowest BCUT2D eigenvalue weighted by Crippen LogP contribution is -1.99. The molecular weight excluding hydrogens is 294 g/mol. The summed E-state index contributed by atoms with van der Waals surface area (Å²) in [4.78, 5) is 16.1. The maximum absolute atomic E-state index is 11.5. The van der Waals surface area contributed by atoms with Gasteiger partial charge in [-0.25, -0.2) is 9.78 Å². The standard InChI is InChI=1S/C15H10ClNO2S/c1-19-15(18)10-5-6-12-13(8-10)20-14(17-12)9-3-2-4-11(16)7-9/h2-8H,1H3. The van der Waals surface area contributed by atoms with Crippen LogP contribution in [0.4, 0.5) is 0 Å². The van der Waals surface area contributed by atoms with Gasteiger partial charge in [0.1, 0.15) is 5.01 Å². The number of carbonyl (C=O) groups excluding carboxylic acids is 1. The zero-order chi connectivity index (χ0) is 14.1. The number of nitrogens with zero attached hydrogens (tertiary/aromatic N) is 1. The van der Waals surface area contributed by atoms with Crippen LogP contribution in [0.25, 0.3) is 20.8 Å². The number of hydrogen-bond donors (Lipinski definition) is 0. The molecule has 3 rings (SSSR count). The molecule has 0 N–H and O–H groups in total. The van der Waals surface area contributed by atoms with Gasteiger partial charge in [-0.3, -0.25) is 0 Å². The Morgan fingerprint density at radius 2 is 2.10 bits per heavy atom. The van der Waals surface area contributed by atoms with E-state index in [1.54, 1.807) is 12.1 Å². The third kappa shape index (κ3) is 2.40. The lowest BCUT2D eigenvalue weighted by Gasteiger charge is -1.97. The molecule has 0 radical (unpaired) electrons. The Bertz CT molecular complexity index is 797. The Morgan fingerprint density at radius 3 is 2.85 bits per heavy atom. The first-order valence-corrected chi connectivity index (χ1v) is 7.11. The second-order valence-corrected chi connectivity index (χ2v) is 5.67. The predicted molar refractivity (Wildman–Crippen MR) is 81.4 cm³/mol. The first kappa shape index (κ1) is 13.1. The molecule has 1 aromatic heterocycles. The van der Waals surface area contributed by atoms with Gasteiger partial charge in [0.25, 0.3) is 0 Å². The average molecular weight is 304 g/mol. The fourth-order valence-corrected chi connectivity index (χ4v) is 3.11. The number of fused-ring (bicyclic) bond motifs is 1. The molecule has 0 saturated heterocycles. The highest BCUT2D eigenvalue weighted by Gasteiger charge is 2.10. The molecule has 0 aliphatic rings. The largest absolute Gasteiger partial charge is 0.465 e. The van der Waals surface area contributed by atoms with Gasteiger partial charge in [-0.05, 0) is 30.3 Å². The van der Waals surface area contributed by atoms with E-state index in [9.17, 15) is 4.79 Å². The van der Waals surface area contributed by atoms with Gasteiger partial charge in [0.05, 0.1) is 22.9 Å². The van der Waals surface area contributed by atoms with Crippen molar-refractivity contribution in [3.63, 3.8) is 0 Å². The maximum atomic E-state index is 11.5. The van der Waals surface area contributed by atoms with Crippen molar-refractivity contribution in [2.24, 2.45) is 0 Å². The second kappa shape index (κ2) is 5.23. The van der Waals surface area contributed by atoms with E-state index >= 15 is 0 Å². The topological polar surface area (TPSA) is 39.2 Å². The van der Waals surface area contributed by atoms with E-state index in [0.717, 1.165) is 20.8 Å². The number of rotatable bonds is 2. The minimum absolute atomic E-state index is 0.343. The van der Waals surface area contributed by atoms with Crippen molar-refractivity contribution in [3.05, 3.63) is 53.1 Å². The maximum Gasteiger partial charge on any atom is 0.337 e. The third-order valence-electron chi connectivity index (χ3n) is 2.88. The zero-order valence-corrected chi connectivity index (χ0v) is 12.2. The molecule has 0 aliphatic carbocycles. The number of hydrogen-bond acceptors (Lipinski definition) is 4. The summed E-state index contributed by atoms with van der Waals surface area (Å²) in [7, 11) is 1.37. The van der Waals surface area contributed by atoms with Crippen LogP contribution >= 0.6 is 22.9 Å². The van der Waals surface area contributed by atoms with E-state index in [1.807, 2.05) is 30.3 Å². The van der Waals surface area contributed by atoms with Crippen molar-refractivity contribution >= 4 is 39.1 Å². The van der Waals surface area contributed by atoms with Gasteiger partial charge >= 0.3 is 5.97 Å². The summed E-state index contributed by atoms with van der Waals surface area (Å²) in [6.07, 6.45) is 0. The summed E-state index contributed by atoms with van der Waals surface area (Å²) in [6, 6.07) is 12.9. The third-order valence-corrected chi connectivity index (χ3v) is 4.18. The van der Waals surface area contributed by atoms with Gasteiger partial charge in [-0.2, -0.15) is 0 Å². The summed E-state index contributed by atoms with van der Waals surface area (Å²) in [5.41, 5.74) is 2.36. The minimum Gasteiger partial charge on any atom is -0.465 e. The van der Waals surface area contributed by atoms with E-state index in [1.165, 1.54) is 18.4 Å². The van der Waals surface area contributed by atoms with Crippen LogP contribution in [-0.2, 0) is 4.74 Å². The molecule has 0 fully saturated rings. The van der Waals surface area contributed by atoms with Crippen LogP contribution in [0.5, 0.6) is 0 Å². The van der Waals surface area contributed by atoms with Crippen LogP contribution in [-0.4, -0.2) is 18.1 Å². The summed E-state index contributed by atoms with van der Waals surface area (Å²) in [6.45, 7) is 0. The number of esters is 1. The Balaban J connectivity index is 2.09. The summed E-state index contributed by atoms with van der Waals surface area (Å²) >= 11 is 7.52. The van der Waals surface area contributed by atoms with Gasteiger partial charge in [0.15, 0.2) is 0 Å². The molecule has 0 amide bonds. The highest BCUT2D eigenvalue weighted by Crippen LogP contribution is 2.31. The molecule has 3 aromatic rings. The normalized spacial score (nSPS) is 10.7. The first-order valence-electron chi connectivity index (χ1n) is 5.92. The SMILES string of the molecule is COC(=O)c1ccc2nc(-c3cccc(Cl)c3)sc2c1. The highest BCUT2D eigenvalue weighted by molar-refractivity contribution is 7.21. The Morgan fingerprint density at radius 1 is 1.25 bits per heavy atom. The van der Waals surface area contributed by atoms with Gasteiger partial charge in [0, 0.05) is 10.6 Å². The molecule has 20 heavy (non-hydrogen) atoms. The number of halogens is 1. The van der Waals surface area contributed by atoms with Crippen LogP contribution in [0.1, 0.15) is 10.4 Å². The molecule has 5 heteroatoms. The van der Waals surface area contributed by atoms with Crippen molar-refractivity contribution in [1.29, 1.82) is 0 Å². The minimum atomic E-state index is -0.343. The first-order chi connectivity index (χ1) is 9.67. The second-order valence-electron chi connectivity index (χ2n) is 4.20. The van der Waals surface area contributed by atoms with Gasteiger partial charge in [-0.15, -0.1) is 11.3 Å². The fourth-order valence-electron chi connectivity index (χ4n) is 1.91. The molecule has 3 nitrogen and oxygen atoms in total. The Hall–Kier alpha value is -1.91. The number of benzene rings is 2. The van der Waals surface area contributed by atoms with E-state index in [2.05, 4.69) is 4.98 Å². The van der Waals surface area contributed by atoms with Crippen molar-refractivity contribution in [2.75, 3.05) is 7.11 Å². The molecule has 100 valence electrons. The number of carbonyl (C=O) groups is 1. The summed E-state index contributed by atoms with van der Waals surface area (Å²) < 4.78 is 5.67. The molecule has 0 atom stereocenters. The van der Waals surface area contributed by atoms with Crippen molar-refractivity contribution < 1.29 is 9.53 Å². The number of thiazole rings is 1. The molecule has 0 saturated carbocycles.